The summed E-state index contributed by atoms with van der Waals surface area (Å²) in [6.45, 7) is 1.98. The minimum atomic E-state index is -0.173. The fourth-order valence-corrected chi connectivity index (χ4v) is 2.16. The van der Waals surface area contributed by atoms with Crippen LogP contribution < -0.4 is 0 Å². The maximum Gasteiger partial charge on any atom is 0.123 e. The summed E-state index contributed by atoms with van der Waals surface area (Å²) in [6.07, 6.45) is 1.99. The van der Waals surface area contributed by atoms with Crippen LogP contribution in [0.4, 0.5) is 4.39 Å². The Morgan fingerprint density at radius 1 is 1.42 bits per heavy atom. The van der Waals surface area contributed by atoms with Crippen LogP contribution in [0.15, 0.2) is 24.4 Å². The molecule has 12 heavy (non-hydrogen) atoms. The normalized spacial score (nSPS) is 10.9. The fourth-order valence-electron chi connectivity index (χ4n) is 1.32. The molecule has 0 unspecified atom stereocenters. The molecule has 3 heteroatoms. The first kappa shape index (κ1) is 8.04. The first-order valence-corrected chi connectivity index (χ1v) is 4.58. The summed E-state index contributed by atoms with van der Waals surface area (Å²) in [5, 5.41) is 0.990. The lowest BCUT2D eigenvalue weighted by atomic mass is 10.2. The van der Waals surface area contributed by atoms with E-state index >= 15 is 0 Å². The highest BCUT2D eigenvalue weighted by atomic mass is 127. The van der Waals surface area contributed by atoms with Crippen LogP contribution in [-0.4, -0.2) is 2.78 Å². The molecule has 0 fully saturated rings. The van der Waals surface area contributed by atoms with E-state index in [0.29, 0.717) is 0 Å². The minimum Gasteiger partial charge on any atom is -0.289 e. The van der Waals surface area contributed by atoms with E-state index < -0.39 is 0 Å². The van der Waals surface area contributed by atoms with Gasteiger partial charge < -0.3 is 0 Å². The van der Waals surface area contributed by atoms with Crippen molar-refractivity contribution in [1.82, 2.24) is 2.78 Å². The molecule has 0 spiro atoms. The van der Waals surface area contributed by atoms with Crippen LogP contribution in [0, 0.1) is 12.7 Å². The molecule has 2 rings (SSSR count). The van der Waals surface area contributed by atoms with E-state index in [4.69, 9.17) is 0 Å². The molecule has 0 N–H and O–H groups in total. The van der Waals surface area contributed by atoms with Crippen LogP contribution in [0.3, 0.4) is 0 Å². The van der Waals surface area contributed by atoms with Crippen LogP contribution in [0.1, 0.15) is 5.56 Å². The summed E-state index contributed by atoms with van der Waals surface area (Å²) in [4.78, 5) is 0. The Labute approximate surface area is 83.7 Å². The predicted molar refractivity (Wildman–Crippen MR) is 56.1 cm³/mol. The van der Waals surface area contributed by atoms with Crippen molar-refractivity contribution in [3.05, 3.63) is 35.8 Å². The Balaban J connectivity index is 2.90. The average molecular weight is 275 g/mol. The molecule has 0 amide bonds. The van der Waals surface area contributed by atoms with Crippen molar-refractivity contribution in [1.29, 1.82) is 0 Å². The monoisotopic (exact) mass is 275 g/mol. The number of benzene rings is 1. The number of rotatable bonds is 0. The molecule has 0 radical (unpaired) electrons. The lowest BCUT2D eigenvalue weighted by Crippen LogP contribution is -1.76. The molecule has 0 bridgehead atoms. The molecular weight excluding hydrogens is 268 g/mol. The highest BCUT2D eigenvalue weighted by Crippen LogP contribution is 2.23. The lowest BCUT2D eigenvalue weighted by molar-refractivity contribution is 0.629. The topological polar surface area (TPSA) is 4.93 Å². The third-order valence-electron chi connectivity index (χ3n) is 1.92. The minimum absolute atomic E-state index is 0.173. The molecule has 62 valence electrons. The van der Waals surface area contributed by atoms with Crippen molar-refractivity contribution in [3.8, 4) is 0 Å². The second-order valence-corrected chi connectivity index (χ2v) is 3.82. The number of aromatic nitrogens is 1. The van der Waals surface area contributed by atoms with Crippen molar-refractivity contribution < 1.29 is 4.39 Å². The Bertz CT molecular complexity index is 433. The summed E-state index contributed by atoms with van der Waals surface area (Å²) in [5.74, 6) is -0.173. The van der Waals surface area contributed by atoms with Gasteiger partial charge in [-0.1, -0.05) is 0 Å². The Morgan fingerprint density at radius 2 is 2.17 bits per heavy atom. The Hall–Kier alpha value is -0.580. The smallest absolute Gasteiger partial charge is 0.123 e. The summed E-state index contributed by atoms with van der Waals surface area (Å²) < 4.78 is 14.8. The van der Waals surface area contributed by atoms with Gasteiger partial charge in [0, 0.05) is 11.6 Å². The van der Waals surface area contributed by atoms with E-state index in [1.807, 2.05) is 15.9 Å². The van der Waals surface area contributed by atoms with E-state index in [1.54, 1.807) is 12.1 Å². The summed E-state index contributed by atoms with van der Waals surface area (Å²) in [6, 6.07) is 4.85. The zero-order valence-electron chi connectivity index (χ0n) is 6.51. The van der Waals surface area contributed by atoms with E-state index in [9.17, 15) is 4.39 Å². The molecule has 1 nitrogen and oxygen atoms in total. The fraction of sp³-hybridized carbons (Fsp3) is 0.111. The van der Waals surface area contributed by atoms with Crippen LogP contribution in [-0.2, 0) is 0 Å². The number of nitrogens with zero attached hydrogens (tertiary/aromatic N) is 1. The van der Waals surface area contributed by atoms with E-state index in [2.05, 4.69) is 22.9 Å². The largest absolute Gasteiger partial charge is 0.289 e. The van der Waals surface area contributed by atoms with Gasteiger partial charge in [-0.15, -0.1) is 0 Å². The van der Waals surface area contributed by atoms with Crippen LogP contribution >= 0.6 is 22.9 Å². The second-order valence-electron chi connectivity index (χ2n) is 2.78. The first-order chi connectivity index (χ1) is 5.68. The van der Waals surface area contributed by atoms with E-state index in [1.165, 1.54) is 6.07 Å². The number of halogens is 2. The molecule has 0 aliphatic heterocycles. The number of aryl methyl sites for hydroxylation is 1. The van der Waals surface area contributed by atoms with Gasteiger partial charge in [-0.05, 0) is 30.7 Å². The molecule has 2 aromatic rings. The van der Waals surface area contributed by atoms with Gasteiger partial charge >= 0.3 is 0 Å². The van der Waals surface area contributed by atoms with Gasteiger partial charge in [0.25, 0.3) is 0 Å². The van der Waals surface area contributed by atoms with Crippen molar-refractivity contribution in [2.24, 2.45) is 0 Å². The summed E-state index contributed by atoms with van der Waals surface area (Å²) in [5.41, 5.74) is 2.17. The highest BCUT2D eigenvalue weighted by Gasteiger charge is 2.03. The summed E-state index contributed by atoms with van der Waals surface area (Å²) in [7, 11) is 0. The standard InChI is InChI=1S/C9H7FIN/c1-6-5-12(11)9-3-2-7(10)4-8(6)9/h2-5H,1H3. The molecule has 1 heterocycles. The third kappa shape index (κ3) is 1.12. The van der Waals surface area contributed by atoms with Crippen molar-refractivity contribution in [2.75, 3.05) is 0 Å². The molecule has 1 aromatic heterocycles. The van der Waals surface area contributed by atoms with E-state index in [0.717, 1.165) is 16.5 Å². The molecule has 0 atom stereocenters. The number of hydrogen-bond acceptors (Lipinski definition) is 0. The molecule has 0 saturated heterocycles. The maximum absolute atomic E-state index is 12.8. The Morgan fingerprint density at radius 3 is 2.92 bits per heavy atom. The molecule has 0 saturated carbocycles. The van der Waals surface area contributed by atoms with E-state index in [-0.39, 0.29) is 5.82 Å². The van der Waals surface area contributed by atoms with Crippen LogP contribution in [0.5, 0.6) is 0 Å². The zero-order chi connectivity index (χ0) is 8.72. The van der Waals surface area contributed by atoms with Gasteiger partial charge in [0.1, 0.15) is 5.82 Å². The maximum atomic E-state index is 12.8. The Kier molecular flexibility index (Phi) is 1.83. The summed E-state index contributed by atoms with van der Waals surface area (Å²) >= 11 is 2.18. The molecule has 0 aliphatic rings. The molecular formula is C9H7FIN. The first-order valence-electron chi connectivity index (χ1n) is 3.62. The van der Waals surface area contributed by atoms with Crippen molar-refractivity contribution >= 4 is 33.8 Å². The van der Waals surface area contributed by atoms with Gasteiger partial charge in [0.2, 0.25) is 0 Å². The zero-order valence-corrected chi connectivity index (χ0v) is 8.67. The molecule has 0 aliphatic carbocycles. The third-order valence-corrected chi connectivity index (χ3v) is 2.72. The highest BCUT2D eigenvalue weighted by molar-refractivity contribution is 14.1. The van der Waals surface area contributed by atoms with Gasteiger partial charge in [-0.2, -0.15) is 0 Å². The van der Waals surface area contributed by atoms with Crippen LogP contribution in [0.2, 0.25) is 0 Å². The SMILES string of the molecule is Cc1cn(I)c2ccc(F)cc12. The average Bonchev–Trinajstić information content (AvgIpc) is 2.28. The van der Waals surface area contributed by atoms with Gasteiger partial charge in [0.15, 0.2) is 0 Å². The van der Waals surface area contributed by atoms with Gasteiger partial charge in [-0.3, -0.25) is 2.78 Å². The number of hydrogen-bond donors (Lipinski definition) is 0. The number of fused-ring (bicyclic) bond motifs is 1. The quantitative estimate of drug-likeness (QED) is 0.650. The predicted octanol–water partition coefficient (Wildman–Crippen LogP) is 3.29. The van der Waals surface area contributed by atoms with Gasteiger partial charge in [0.05, 0.1) is 28.4 Å². The lowest BCUT2D eigenvalue weighted by Gasteiger charge is -1.93. The molecule has 1 aromatic carbocycles. The second kappa shape index (κ2) is 2.73. The van der Waals surface area contributed by atoms with Gasteiger partial charge in [-0.25, -0.2) is 4.39 Å². The van der Waals surface area contributed by atoms with Crippen LogP contribution in [0.25, 0.3) is 10.9 Å². The van der Waals surface area contributed by atoms with Crippen molar-refractivity contribution in [2.45, 2.75) is 6.92 Å². The van der Waals surface area contributed by atoms with Crippen molar-refractivity contribution in [3.63, 3.8) is 0 Å².